The van der Waals surface area contributed by atoms with E-state index in [1.54, 1.807) is 6.20 Å². The quantitative estimate of drug-likeness (QED) is 0.911. The van der Waals surface area contributed by atoms with Gasteiger partial charge in [-0.2, -0.15) is 5.10 Å². The molecule has 0 aromatic carbocycles. The third kappa shape index (κ3) is 4.71. The Morgan fingerprint density at radius 3 is 2.71 bits per heavy atom. The van der Waals surface area contributed by atoms with Crippen molar-refractivity contribution in [1.82, 2.24) is 14.5 Å². The highest BCUT2D eigenvalue weighted by atomic mass is 32.2. The van der Waals surface area contributed by atoms with E-state index < -0.39 is 10.0 Å². The fraction of sp³-hybridized carbons (Fsp3) is 0.786. The molecule has 120 valence electrons. The molecule has 1 saturated heterocycles. The van der Waals surface area contributed by atoms with Crippen LogP contribution in [0.5, 0.6) is 0 Å². The lowest BCUT2D eigenvalue weighted by Gasteiger charge is -2.34. The van der Waals surface area contributed by atoms with Gasteiger partial charge in [-0.25, -0.2) is 13.1 Å². The highest BCUT2D eigenvalue weighted by molar-refractivity contribution is 7.89. The minimum Gasteiger partial charge on any atom is -0.355 e. The predicted molar refractivity (Wildman–Crippen MR) is 84.8 cm³/mol. The van der Waals surface area contributed by atoms with Gasteiger partial charge >= 0.3 is 0 Å². The molecule has 0 aliphatic carbocycles. The Hall–Kier alpha value is -1.08. The Balaban J connectivity index is 2.00. The van der Waals surface area contributed by atoms with Crippen LogP contribution in [-0.2, 0) is 17.1 Å². The van der Waals surface area contributed by atoms with E-state index >= 15 is 0 Å². The van der Waals surface area contributed by atoms with Crippen LogP contribution in [0, 0.1) is 5.41 Å². The number of nitrogens with zero attached hydrogens (tertiary/aromatic N) is 3. The molecule has 0 saturated carbocycles. The normalized spacial score (nSPS) is 20.8. The van der Waals surface area contributed by atoms with E-state index in [1.165, 1.54) is 0 Å². The zero-order valence-corrected chi connectivity index (χ0v) is 14.2. The molecule has 2 heterocycles. The first-order chi connectivity index (χ1) is 9.66. The Morgan fingerprint density at radius 2 is 2.14 bits per heavy atom. The van der Waals surface area contributed by atoms with E-state index in [-0.39, 0.29) is 17.2 Å². The molecular weight excluding hydrogens is 288 g/mol. The molecule has 1 aromatic heterocycles. The van der Waals surface area contributed by atoms with Crippen LogP contribution in [0.15, 0.2) is 12.3 Å². The van der Waals surface area contributed by atoms with Gasteiger partial charge in [-0.15, -0.1) is 0 Å². The molecule has 0 amide bonds. The van der Waals surface area contributed by atoms with E-state index in [4.69, 9.17) is 0 Å². The maximum Gasteiger partial charge on any atom is 0.212 e. The van der Waals surface area contributed by atoms with Crippen LogP contribution < -0.4 is 9.62 Å². The van der Waals surface area contributed by atoms with Crippen molar-refractivity contribution in [2.24, 2.45) is 12.5 Å². The third-order valence-electron chi connectivity index (χ3n) is 3.51. The third-order valence-corrected chi connectivity index (χ3v) is 5.45. The molecule has 0 spiro atoms. The van der Waals surface area contributed by atoms with Crippen LogP contribution in [0.3, 0.4) is 0 Å². The largest absolute Gasteiger partial charge is 0.355 e. The van der Waals surface area contributed by atoms with E-state index in [2.05, 4.69) is 14.7 Å². The standard InChI is InChI=1S/C14H26N4O2S/c1-14(2,3)11-21(19,20)16-12-6-5-9-18(10-12)13-7-8-15-17(13)4/h7-8,12,16H,5-6,9-11H2,1-4H3/t12-/m0/s1. The first kappa shape index (κ1) is 16.3. The topological polar surface area (TPSA) is 67.2 Å². The molecule has 2 rings (SSSR count). The molecule has 0 unspecified atom stereocenters. The molecule has 1 fully saturated rings. The lowest BCUT2D eigenvalue weighted by atomic mass is 10.0. The number of piperidine rings is 1. The van der Waals surface area contributed by atoms with Gasteiger partial charge in [0.25, 0.3) is 0 Å². The van der Waals surface area contributed by atoms with E-state index in [0.717, 1.165) is 25.2 Å². The average molecular weight is 314 g/mol. The summed E-state index contributed by atoms with van der Waals surface area (Å²) >= 11 is 0. The number of hydrogen-bond donors (Lipinski definition) is 1. The summed E-state index contributed by atoms with van der Waals surface area (Å²) in [6.45, 7) is 7.46. The number of aryl methyl sites for hydroxylation is 1. The van der Waals surface area contributed by atoms with Crippen molar-refractivity contribution in [3.05, 3.63) is 12.3 Å². The molecule has 1 aliphatic rings. The lowest BCUT2D eigenvalue weighted by Crippen LogP contribution is -2.49. The molecule has 1 atom stereocenters. The minimum absolute atomic E-state index is 0.0269. The summed E-state index contributed by atoms with van der Waals surface area (Å²) in [4.78, 5) is 2.20. The SMILES string of the molecule is Cn1nccc1N1CCC[C@H](NS(=O)(=O)CC(C)(C)C)C1. The Kier molecular flexibility index (Phi) is 4.63. The molecule has 1 aliphatic heterocycles. The number of aromatic nitrogens is 2. The molecule has 0 radical (unpaired) electrons. The van der Waals surface area contributed by atoms with Gasteiger partial charge in [-0.1, -0.05) is 20.8 Å². The van der Waals surface area contributed by atoms with Gasteiger partial charge < -0.3 is 4.90 Å². The summed E-state index contributed by atoms with van der Waals surface area (Å²) < 4.78 is 29.1. The summed E-state index contributed by atoms with van der Waals surface area (Å²) in [5, 5.41) is 4.18. The highest BCUT2D eigenvalue weighted by Crippen LogP contribution is 2.20. The summed E-state index contributed by atoms with van der Waals surface area (Å²) in [5.74, 6) is 1.19. The van der Waals surface area contributed by atoms with E-state index in [9.17, 15) is 8.42 Å². The number of hydrogen-bond acceptors (Lipinski definition) is 4. The van der Waals surface area contributed by atoms with Crippen LogP contribution in [0.1, 0.15) is 33.6 Å². The maximum absolute atomic E-state index is 12.2. The summed E-state index contributed by atoms with van der Waals surface area (Å²) in [6.07, 6.45) is 3.63. The smallest absolute Gasteiger partial charge is 0.212 e. The second kappa shape index (κ2) is 5.96. The average Bonchev–Trinajstić information content (AvgIpc) is 2.71. The molecule has 21 heavy (non-hydrogen) atoms. The molecule has 7 heteroatoms. The Morgan fingerprint density at radius 1 is 1.43 bits per heavy atom. The number of anilines is 1. The zero-order chi connectivity index (χ0) is 15.7. The fourth-order valence-corrected chi connectivity index (χ4v) is 4.75. The predicted octanol–water partition coefficient (Wildman–Crippen LogP) is 1.35. The van der Waals surface area contributed by atoms with Gasteiger partial charge in [-0.05, 0) is 18.3 Å². The van der Waals surface area contributed by atoms with Crippen molar-refractivity contribution in [1.29, 1.82) is 0 Å². The summed E-state index contributed by atoms with van der Waals surface area (Å²) in [7, 11) is -1.33. The first-order valence-corrected chi connectivity index (χ1v) is 9.04. The van der Waals surface area contributed by atoms with Crippen molar-refractivity contribution >= 4 is 15.8 Å². The molecule has 6 nitrogen and oxygen atoms in total. The highest BCUT2D eigenvalue weighted by Gasteiger charge is 2.28. The van der Waals surface area contributed by atoms with Crippen molar-refractivity contribution in [3.8, 4) is 0 Å². The van der Waals surface area contributed by atoms with Crippen LogP contribution >= 0.6 is 0 Å². The van der Waals surface area contributed by atoms with Gasteiger partial charge in [0.15, 0.2) is 0 Å². The number of sulfonamides is 1. The maximum atomic E-state index is 12.2. The molecule has 1 N–H and O–H groups in total. The van der Waals surface area contributed by atoms with Gasteiger partial charge in [-0.3, -0.25) is 4.68 Å². The molecular formula is C14H26N4O2S. The summed E-state index contributed by atoms with van der Waals surface area (Å²) in [6, 6.07) is 1.94. The van der Waals surface area contributed by atoms with Crippen molar-refractivity contribution in [2.45, 2.75) is 39.7 Å². The van der Waals surface area contributed by atoms with E-state index in [0.29, 0.717) is 6.54 Å². The summed E-state index contributed by atoms with van der Waals surface area (Å²) in [5.41, 5.74) is -0.234. The van der Waals surface area contributed by atoms with Gasteiger partial charge in [0.2, 0.25) is 10.0 Å². The van der Waals surface area contributed by atoms with Gasteiger partial charge in [0.05, 0.1) is 11.9 Å². The van der Waals surface area contributed by atoms with Crippen LogP contribution in [0.25, 0.3) is 0 Å². The Bertz CT molecular complexity index is 574. The van der Waals surface area contributed by atoms with Crippen LogP contribution in [0.2, 0.25) is 0 Å². The minimum atomic E-state index is -3.24. The number of nitrogens with one attached hydrogen (secondary N) is 1. The fourth-order valence-electron chi connectivity index (χ4n) is 2.82. The van der Waals surface area contributed by atoms with Crippen molar-refractivity contribution in [2.75, 3.05) is 23.7 Å². The van der Waals surface area contributed by atoms with Crippen molar-refractivity contribution in [3.63, 3.8) is 0 Å². The second-order valence-electron chi connectivity index (χ2n) is 7.04. The van der Waals surface area contributed by atoms with Crippen LogP contribution in [-0.4, -0.2) is 43.1 Å². The van der Waals surface area contributed by atoms with Gasteiger partial charge in [0, 0.05) is 32.2 Å². The monoisotopic (exact) mass is 314 g/mol. The zero-order valence-electron chi connectivity index (χ0n) is 13.3. The molecule has 1 aromatic rings. The Labute approximate surface area is 127 Å². The first-order valence-electron chi connectivity index (χ1n) is 7.39. The molecule has 0 bridgehead atoms. The van der Waals surface area contributed by atoms with Crippen LogP contribution in [0.4, 0.5) is 5.82 Å². The number of rotatable bonds is 4. The van der Waals surface area contributed by atoms with E-state index in [1.807, 2.05) is 38.6 Å². The van der Waals surface area contributed by atoms with Gasteiger partial charge in [0.1, 0.15) is 5.82 Å². The second-order valence-corrected chi connectivity index (χ2v) is 8.79. The lowest BCUT2D eigenvalue weighted by molar-refractivity contribution is 0.436. The van der Waals surface area contributed by atoms with Crippen molar-refractivity contribution < 1.29 is 8.42 Å².